The lowest BCUT2D eigenvalue weighted by molar-refractivity contribution is -0.136. The van der Waals surface area contributed by atoms with Crippen LogP contribution in [0, 0.1) is 0 Å². The third-order valence-corrected chi connectivity index (χ3v) is 2.15. The molecule has 0 fully saturated rings. The molecule has 0 saturated carbocycles. The maximum absolute atomic E-state index is 12.5. The van der Waals surface area contributed by atoms with Crippen LogP contribution >= 0.6 is 11.6 Å². The Labute approximate surface area is 94.5 Å². The predicted molar refractivity (Wildman–Crippen MR) is 51.8 cm³/mol. The average molecular weight is 252 g/mol. The summed E-state index contributed by atoms with van der Waals surface area (Å²) in [6.45, 7) is 0. The number of rotatable bonds is 4. The molecule has 0 unspecified atom stereocenters. The van der Waals surface area contributed by atoms with Crippen LogP contribution in [0.1, 0.15) is 23.4 Å². The third-order valence-electron chi connectivity index (χ3n) is 1.86. The molecular formula is C9H8ClF2NO3. The van der Waals surface area contributed by atoms with Gasteiger partial charge in [0, 0.05) is 5.88 Å². The summed E-state index contributed by atoms with van der Waals surface area (Å²) in [5.74, 6) is -1.93. The first-order valence-electron chi connectivity index (χ1n) is 4.23. The molecule has 0 aliphatic heterocycles. The lowest BCUT2D eigenvalue weighted by Gasteiger charge is -2.09. The summed E-state index contributed by atoms with van der Waals surface area (Å²) in [5, 5.41) is 17.8. The number of carboxylic acid groups (broad SMARTS) is 1. The Balaban J connectivity index is 3.21. The first kappa shape index (κ1) is 12.6. The van der Waals surface area contributed by atoms with E-state index in [1.54, 1.807) is 0 Å². The van der Waals surface area contributed by atoms with Gasteiger partial charge in [0.05, 0.1) is 12.1 Å². The molecule has 0 aromatic carbocycles. The molecule has 88 valence electrons. The van der Waals surface area contributed by atoms with Gasteiger partial charge in [-0.1, -0.05) is 0 Å². The van der Waals surface area contributed by atoms with Crippen molar-refractivity contribution in [2.24, 2.45) is 0 Å². The Morgan fingerprint density at radius 3 is 2.62 bits per heavy atom. The highest BCUT2D eigenvalue weighted by Crippen LogP contribution is 2.27. The molecule has 0 aliphatic rings. The van der Waals surface area contributed by atoms with Crippen molar-refractivity contribution in [2.75, 3.05) is 0 Å². The van der Waals surface area contributed by atoms with Crippen LogP contribution in [-0.2, 0) is 17.1 Å². The maximum Gasteiger partial charge on any atom is 0.309 e. The number of aliphatic carboxylic acids is 1. The summed E-state index contributed by atoms with van der Waals surface area (Å²) in [4.78, 5) is 13.8. The monoisotopic (exact) mass is 251 g/mol. The zero-order chi connectivity index (χ0) is 12.3. The minimum absolute atomic E-state index is 0.0108. The Morgan fingerprint density at radius 2 is 2.19 bits per heavy atom. The number of halogens is 3. The molecular weight excluding hydrogens is 244 g/mol. The fraction of sp³-hybridized carbons (Fsp3) is 0.333. The second-order valence-electron chi connectivity index (χ2n) is 3.00. The van der Waals surface area contributed by atoms with E-state index < -0.39 is 30.3 Å². The molecule has 4 nitrogen and oxygen atoms in total. The molecule has 1 aromatic heterocycles. The summed E-state index contributed by atoms with van der Waals surface area (Å²) in [5.41, 5.74) is -0.899. The summed E-state index contributed by atoms with van der Waals surface area (Å²) in [6, 6.07) is 1.01. The van der Waals surface area contributed by atoms with E-state index in [-0.39, 0.29) is 17.1 Å². The van der Waals surface area contributed by atoms with Crippen molar-refractivity contribution in [2.45, 2.75) is 18.7 Å². The smallest absolute Gasteiger partial charge is 0.309 e. The molecule has 0 radical (unpaired) electrons. The minimum Gasteiger partial charge on any atom is -0.506 e. The average Bonchev–Trinajstić information content (AvgIpc) is 2.19. The number of hydrogen-bond donors (Lipinski definition) is 2. The standard InChI is InChI=1S/C9H8ClF2NO3/c10-3-4-1-6(14)5(2-7(15)16)13-8(4)9(11)12/h1,9,14H,2-3H2,(H,15,16). The maximum atomic E-state index is 12.5. The largest absolute Gasteiger partial charge is 0.506 e. The van der Waals surface area contributed by atoms with Crippen molar-refractivity contribution in [1.82, 2.24) is 4.98 Å². The van der Waals surface area contributed by atoms with Gasteiger partial charge in [0.15, 0.2) is 0 Å². The Hall–Kier alpha value is -1.43. The van der Waals surface area contributed by atoms with Gasteiger partial charge in [-0.2, -0.15) is 0 Å². The molecule has 0 spiro atoms. The van der Waals surface area contributed by atoms with Gasteiger partial charge in [-0.3, -0.25) is 4.79 Å². The lowest BCUT2D eigenvalue weighted by Crippen LogP contribution is -2.07. The molecule has 0 bridgehead atoms. The van der Waals surface area contributed by atoms with Crippen LogP contribution in [0.4, 0.5) is 8.78 Å². The van der Waals surface area contributed by atoms with E-state index in [0.717, 1.165) is 6.07 Å². The molecule has 1 rings (SSSR count). The van der Waals surface area contributed by atoms with Gasteiger partial charge in [0.1, 0.15) is 11.4 Å². The number of pyridine rings is 1. The molecule has 0 aliphatic carbocycles. The quantitative estimate of drug-likeness (QED) is 0.804. The number of nitrogens with zero attached hydrogens (tertiary/aromatic N) is 1. The number of hydrogen-bond acceptors (Lipinski definition) is 3. The third kappa shape index (κ3) is 2.79. The Morgan fingerprint density at radius 1 is 1.56 bits per heavy atom. The molecule has 7 heteroatoms. The fourth-order valence-electron chi connectivity index (χ4n) is 1.17. The fourth-order valence-corrected chi connectivity index (χ4v) is 1.38. The van der Waals surface area contributed by atoms with E-state index in [9.17, 15) is 18.7 Å². The van der Waals surface area contributed by atoms with Gasteiger partial charge in [0.2, 0.25) is 0 Å². The summed E-state index contributed by atoms with van der Waals surface area (Å²) >= 11 is 5.41. The Bertz CT molecular complexity index is 412. The number of carboxylic acids is 1. The van der Waals surface area contributed by atoms with E-state index >= 15 is 0 Å². The van der Waals surface area contributed by atoms with Gasteiger partial charge in [-0.25, -0.2) is 13.8 Å². The van der Waals surface area contributed by atoms with Gasteiger partial charge in [0.25, 0.3) is 6.43 Å². The van der Waals surface area contributed by atoms with Gasteiger partial charge in [-0.05, 0) is 11.6 Å². The van der Waals surface area contributed by atoms with Gasteiger partial charge in [-0.15, -0.1) is 11.6 Å². The number of aromatic hydroxyl groups is 1. The highest BCUT2D eigenvalue weighted by atomic mass is 35.5. The second-order valence-corrected chi connectivity index (χ2v) is 3.27. The molecule has 2 N–H and O–H groups in total. The van der Waals surface area contributed by atoms with E-state index in [0.29, 0.717) is 0 Å². The highest BCUT2D eigenvalue weighted by molar-refractivity contribution is 6.17. The van der Waals surface area contributed by atoms with Crippen molar-refractivity contribution in [3.8, 4) is 5.75 Å². The van der Waals surface area contributed by atoms with Crippen molar-refractivity contribution in [3.63, 3.8) is 0 Å². The number of carbonyl (C=O) groups is 1. The molecule has 0 saturated heterocycles. The highest BCUT2D eigenvalue weighted by Gasteiger charge is 2.19. The summed E-state index contributed by atoms with van der Waals surface area (Å²) in [7, 11) is 0. The zero-order valence-electron chi connectivity index (χ0n) is 7.95. The molecule has 16 heavy (non-hydrogen) atoms. The van der Waals surface area contributed by atoms with Crippen LogP contribution < -0.4 is 0 Å². The topological polar surface area (TPSA) is 70.4 Å². The minimum atomic E-state index is -2.86. The van der Waals surface area contributed by atoms with Gasteiger partial charge >= 0.3 is 5.97 Å². The molecule has 1 heterocycles. The van der Waals surface area contributed by atoms with Crippen molar-refractivity contribution in [3.05, 3.63) is 23.0 Å². The summed E-state index contributed by atoms with van der Waals surface area (Å²) in [6.07, 6.45) is -3.48. The summed E-state index contributed by atoms with van der Waals surface area (Å²) < 4.78 is 25.0. The van der Waals surface area contributed by atoms with Crippen molar-refractivity contribution < 1.29 is 23.8 Å². The van der Waals surface area contributed by atoms with E-state index in [2.05, 4.69) is 4.98 Å². The van der Waals surface area contributed by atoms with E-state index in [4.69, 9.17) is 16.7 Å². The van der Waals surface area contributed by atoms with E-state index in [1.165, 1.54) is 0 Å². The normalized spacial score (nSPS) is 10.8. The van der Waals surface area contributed by atoms with Crippen molar-refractivity contribution in [1.29, 1.82) is 0 Å². The van der Waals surface area contributed by atoms with Crippen LogP contribution in [0.25, 0.3) is 0 Å². The van der Waals surface area contributed by atoms with Crippen LogP contribution in [0.2, 0.25) is 0 Å². The van der Waals surface area contributed by atoms with Gasteiger partial charge < -0.3 is 10.2 Å². The van der Waals surface area contributed by atoms with Crippen molar-refractivity contribution >= 4 is 17.6 Å². The predicted octanol–water partition coefficient (Wildman–Crippen LogP) is 2.09. The second kappa shape index (κ2) is 5.07. The lowest BCUT2D eigenvalue weighted by atomic mass is 10.1. The molecule has 0 atom stereocenters. The first-order chi connectivity index (χ1) is 7.45. The molecule has 0 amide bonds. The van der Waals surface area contributed by atoms with Crippen LogP contribution in [0.3, 0.4) is 0 Å². The number of aromatic nitrogens is 1. The zero-order valence-corrected chi connectivity index (χ0v) is 8.71. The van der Waals surface area contributed by atoms with Crippen LogP contribution in [0.15, 0.2) is 6.07 Å². The van der Waals surface area contributed by atoms with Crippen LogP contribution in [0.5, 0.6) is 5.75 Å². The van der Waals surface area contributed by atoms with Crippen LogP contribution in [-0.4, -0.2) is 21.2 Å². The SMILES string of the molecule is O=C(O)Cc1nc(C(F)F)c(CCl)cc1O. The first-order valence-corrected chi connectivity index (χ1v) is 4.76. The van der Waals surface area contributed by atoms with E-state index in [1.807, 2.05) is 0 Å². The Kier molecular flexibility index (Phi) is 4.00. The number of alkyl halides is 3. The molecule has 1 aromatic rings.